The summed E-state index contributed by atoms with van der Waals surface area (Å²) >= 11 is 1.19. The number of nitrogen functional groups attached to an aromatic ring is 1. The smallest absolute Gasteiger partial charge is 0.264 e. The summed E-state index contributed by atoms with van der Waals surface area (Å²) in [5.41, 5.74) is 4.62. The van der Waals surface area contributed by atoms with E-state index in [2.05, 4.69) is 26.0 Å². The fourth-order valence-electron chi connectivity index (χ4n) is 2.32. The van der Waals surface area contributed by atoms with Crippen LogP contribution in [0.1, 0.15) is 11.1 Å². The van der Waals surface area contributed by atoms with Crippen molar-refractivity contribution < 1.29 is 9.53 Å². The second kappa shape index (κ2) is 10.1. The van der Waals surface area contributed by atoms with E-state index in [-0.39, 0.29) is 17.6 Å². The van der Waals surface area contributed by atoms with Gasteiger partial charge in [0.05, 0.1) is 19.1 Å². The van der Waals surface area contributed by atoms with Crippen molar-refractivity contribution in [2.24, 2.45) is 5.10 Å². The molecule has 1 amide bonds. The topological polar surface area (TPSA) is 119 Å². The van der Waals surface area contributed by atoms with E-state index in [1.165, 1.54) is 16.4 Å². The summed E-state index contributed by atoms with van der Waals surface area (Å²) in [6.07, 6.45) is 1.61. The molecule has 150 valence electrons. The Morgan fingerprint density at radius 2 is 2.07 bits per heavy atom. The minimum absolute atomic E-state index is 0.118. The number of aromatic nitrogens is 3. The maximum atomic E-state index is 12.0. The number of ether oxygens (including phenoxy) is 1. The number of carbonyl (C=O) groups excluding carboxylic acids is 1. The lowest BCUT2D eigenvalue weighted by atomic mass is 10.2. The maximum absolute atomic E-state index is 12.0. The highest BCUT2D eigenvalue weighted by Gasteiger charge is 2.11. The van der Waals surface area contributed by atoms with E-state index in [4.69, 9.17) is 10.6 Å². The van der Waals surface area contributed by atoms with Crippen LogP contribution in [0.2, 0.25) is 0 Å². The molecule has 3 aromatic rings. The van der Waals surface area contributed by atoms with Gasteiger partial charge in [-0.2, -0.15) is 5.10 Å². The number of anilines is 1. The Bertz CT molecular complexity index is 976. The van der Waals surface area contributed by atoms with Gasteiger partial charge >= 0.3 is 0 Å². The molecule has 9 nitrogen and oxygen atoms in total. The number of rotatable bonds is 9. The zero-order valence-corrected chi connectivity index (χ0v) is 16.6. The Balaban J connectivity index is 1.48. The number of nitrogens with zero attached hydrogens (tertiary/aromatic N) is 4. The molecule has 0 unspecified atom stereocenters. The minimum Gasteiger partial charge on any atom is -0.497 e. The Morgan fingerprint density at radius 1 is 1.24 bits per heavy atom. The maximum Gasteiger partial charge on any atom is 0.264 e. The van der Waals surface area contributed by atoms with E-state index >= 15 is 0 Å². The van der Waals surface area contributed by atoms with Gasteiger partial charge in [0.2, 0.25) is 11.1 Å². The number of benzene rings is 2. The van der Waals surface area contributed by atoms with Crippen LogP contribution in [0.3, 0.4) is 0 Å². The van der Waals surface area contributed by atoms with E-state index in [0.29, 0.717) is 11.7 Å². The van der Waals surface area contributed by atoms with Crippen LogP contribution >= 0.6 is 11.8 Å². The average molecular weight is 411 g/mol. The Labute approximate surface area is 172 Å². The third-order valence-electron chi connectivity index (χ3n) is 3.80. The second-order valence-corrected chi connectivity index (χ2v) is 6.82. The second-order valence-electron chi connectivity index (χ2n) is 5.87. The molecule has 4 N–H and O–H groups in total. The summed E-state index contributed by atoms with van der Waals surface area (Å²) in [6, 6.07) is 17.1. The first-order chi connectivity index (χ1) is 14.2. The van der Waals surface area contributed by atoms with Gasteiger partial charge in [0.15, 0.2) is 0 Å². The van der Waals surface area contributed by atoms with E-state index in [1.807, 2.05) is 54.6 Å². The molecule has 10 heteroatoms. The SMILES string of the molecule is COc1cccc(/C=N/Nc2nnc(SCC(=O)NCc3ccccc3)n2N)c1. The van der Waals surface area contributed by atoms with Crippen LogP contribution in [-0.4, -0.2) is 39.9 Å². The van der Waals surface area contributed by atoms with Gasteiger partial charge in [0, 0.05) is 6.54 Å². The molecule has 0 aliphatic heterocycles. The number of carbonyl (C=O) groups is 1. The van der Waals surface area contributed by atoms with Crippen LogP contribution < -0.4 is 21.3 Å². The molecule has 3 rings (SSSR count). The molecule has 0 radical (unpaired) electrons. The summed E-state index contributed by atoms with van der Waals surface area (Å²) in [6.45, 7) is 0.474. The fourth-order valence-corrected chi connectivity index (χ4v) is 3.00. The minimum atomic E-state index is -0.118. The zero-order chi connectivity index (χ0) is 20.5. The van der Waals surface area contributed by atoms with Crippen molar-refractivity contribution in [2.45, 2.75) is 11.7 Å². The Hall–Kier alpha value is -3.53. The van der Waals surface area contributed by atoms with E-state index < -0.39 is 0 Å². The highest BCUT2D eigenvalue weighted by Crippen LogP contribution is 2.16. The van der Waals surface area contributed by atoms with Crippen molar-refractivity contribution >= 4 is 29.8 Å². The van der Waals surface area contributed by atoms with Crippen molar-refractivity contribution in [1.29, 1.82) is 0 Å². The number of nitrogens with two attached hydrogens (primary N) is 1. The molecular weight excluding hydrogens is 390 g/mol. The molecule has 0 aliphatic carbocycles. The molecule has 29 heavy (non-hydrogen) atoms. The molecular formula is C19H21N7O2S. The van der Waals surface area contributed by atoms with Crippen LogP contribution in [0.15, 0.2) is 64.9 Å². The summed E-state index contributed by atoms with van der Waals surface area (Å²) in [4.78, 5) is 12.0. The molecule has 0 saturated heterocycles. The predicted octanol–water partition coefficient (Wildman–Crippen LogP) is 1.85. The number of methoxy groups -OCH3 is 1. The number of hydrazone groups is 1. The molecule has 1 aromatic heterocycles. The van der Waals surface area contributed by atoms with Crippen molar-refractivity contribution in [1.82, 2.24) is 20.2 Å². The van der Waals surface area contributed by atoms with Crippen molar-refractivity contribution in [3.05, 3.63) is 65.7 Å². The average Bonchev–Trinajstić information content (AvgIpc) is 3.11. The summed E-state index contributed by atoms with van der Waals surface area (Å²) in [5.74, 6) is 7.02. The van der Waals surface area contributed by atoms with Crippen molar-refractivity contribution in [2.75, 3.05) is 24.1 Å². The van der Waals surface area contributed by atoms with Gasteiger partial charge in [-0.1, -0.05) is 54.2 Å². The van der Waals surface area contributed by atoms with E-state index in [1.54, 1.807) is 13.3 Å². The standard InChI is InChI=1S/C19H21N7O2S/c1-28-16-9-5-8-15(10-16)12-22-23-18-24-25-19(26(18)20)29-13-17(27)21-11-14-6-3-2-4-7-14/h2-10,12H,11,13,20H2,1H3,(H,21,27)(H,23,24)/b22-12+. The monoisotopic (exact) mass is 411 g/mol. The van der Waals surface area contributed by atoms with Gasteiger partial charge in [0.25, 0.3) is 5.95 Å². The lowest BCUT2D eigenvalue weighted by Gasteiger charge is -2.05. The molecule has 0 fully saturated rings. The normalized spacial score (nSPS) is 10.8. The molecule has 0 aliphatic rings. The van der Waals surface area contributed by atoms with Crippen LogP contribution in [0, 0.1) is 0 Å². The Kier molecular flexibility index (Phi) is 7.06. The van der Waals surface area contributed by atoms with Gasteiger partial charge < -0.3 is 15.9 Å². The largest absolute Gasteiger partial charge is 0.497 e. The van der Waals surface area contributed by atoms with Crippen LogP contribution in [0.4, 0.5) is 5.95 Å². The molecule has 2 aromatic carbocycles. The van der Waals surface area contributed by atoms with Gasteiger partial charge in [0.1, 0.15) is 5.75 Å². The van der Waals surface area contributed by atoms with Crippen LogP contribution in [0.5, 0.6) is 5.75 Å². The fraction of sp³-hybridized carbons (Fsp3) is 0.158. The number of hydrogen-bond donors (Lipinski definition) is 3. The highest BCUT2D eigenvalue weighted by atomic mass is 32.2. The van der Waals surface area contributed by atoms with E-state index in [9.17, 15) is 4.79 Å². The predicted molar refractivity (Wildman–Crippen MR) is 113 cm³/mol. The number of thioether (sulfide) groups is 1. The zero-order valence-electron chi connectivity index (χ0n) is 15.8. The number of nitrogens with one attached hydrogen (secondary N) is 2. The highest BCUT2D eigenvalue weighted by molar-refractivity contribution is 7.99. The quantitative estimate of drug-likeness (QED) is 0.213. The third-order valence-corrected chi connectivity index (χ3v) is 4.74. The molecule has 0 spiro atoms. The van der Waals surface area contributed by atoms with Gasteiger partial charge in [-0.25, -0.2) is 10.1 Å². The lowest BCUT2D eigenvalue weighted by Crippen LogP contribution is -2.25. The summed E-state index contributed by atoms with van der Waals surface area (Å²) in [5, 5.41) is 15.3. The van der Waals surface area contributed by atoms with Crippen molar-refractivity contribution in [3.63, 3.8) is 0 Å². The lowest BCUT2D eigenvalue weighted by molar-refractivity contribution is -0.118. The summed E-state index contributed by atoms with van der Waals surface area (Å²) in [7, 11) is 1.60. The molecule has 1 heterocycles. The Morgan fingerprint density at radius 3 is 2.86 bits per heavy atom. The third kappa shape index (κ3) is 5.98. The van der Waals surface area contributed by atoms with Gasteiger partial charge in [-0.3, -0.25) is 4.79 Å². The first kappa shape index (κ1) is 20.2. The van der Waals surface area contributed by atoms with E-state index in [0.717, 1.165) is 16.9 Å². The van der Waals surface area contributed by atoms with Gasteiger partial charge in [-0.15, -0.1) is 10.2 Å². The first-order valence-electron chi connectivity index (χ1n) is 8.73. The molecule has 0 saturated carbocycles. The van der Waals surface area contributed by atoms with Crippen molar-refractivity contribution in [3.8, 4) is 5.75 Å². The first-order valence-corrected chi connectivity index (χ1v) is 9.71. The summed E-state index contributed by atoms with van der Waals surface area (Å²) < 4.78 is 6.41. The van der Waals surface area contributed by atoms with Gasteiger partial charge in [-0.05, 0) is 23.3 Å². The van der Waals surface area contributed by atoms with Crippen LogP contribution in [0.25, 0.3) is 0 Å². The molecule has 0 atom stereocenters. The number of hydrogen-bond acceptors (Lipinski definition) is 8. The molecule has 0 bridgehead atoms. The van der Waals surface area contributed by atoms with Crippen LogP contribution in [-0.2, 0) is 11.3 Å². The number of amides is 1.